The summed E-state index contributed by atoms with van der Waals surface area (Å²) in [6.45, 7) is 0. The molecule has 9 N–H and O–H groups in total. The zero-order valence-electron chi connectivity index (χ0n) is 14.8. The van der Waals surface area contributed by atoms with Crippen molar-refractivity contribution in [3.05, 3.63) is 66.7 Å². The van der Waals surface area contributed by atoms with E-state index >= 15 is 0 Å². The third kappa shape index (κ3) is 3.78. The van der Waals surface area contributed by atoms with Crippen LogP contribution in [0.5, 0.6) is 0 Å². The first kappa shape index (κ1) is 19.3. The van der Waals surface area contributed by atoms with Crippen LogP contribution in [0.3, 0.4) is 0 Å². The lowest BCUT2D eigenvalue weighted by atomic mass is 10.1. The SMILES string of the molecule is Nc1ccc(N)c2cc(S(=O)(=O)O)ccc12.Nc1ccc(N)c2ccccc12. The minimum Gasteiger partial charge on any atom is -0.398 e. The summed E-state index contributed by atoms with van der Waals surface area (Å²) in [7, 11) is -4.22. The molecule has 0 saturated carbocycles. The normalized spacial score (nSPS) is 11.2. The number of hydrogen-bond acceptors (Lipinski definition) is 6. The van der Waals surface area contributed by atoms with Gasteiger partial charge >= 0.3 is 0 Å². The van der Waals surface area contributed by atoms with Crippen LogP contribution in [0.2, 0.25) is 0 Å². The van der Waals surface area contributed by atoms with Crippen molar-refractivity contribution in [3.63, 3.8) is 0 Å². The second-order valence-corrected chi connectivity index (χ2v) is 7.64. The number of nitrogens with two attached hydrogens (primary N) is 4. The molecule has 4 aromatic carbocycles. The van der Waals surface area contributed by atoms with Gasteiger partial charge in [-0.05, 0) is 36.4 Å². The fourth-order valence-electron chi connectivity index (χ4n) is 2.88. The Hall–Kier alpha value is -3.49. The first-order chi connectivity index (χ1) is 13.2. The van der Waals surface area contributed by atoms with E-state index in [0.717, 1.165) is 22.1 Å². The Kier molecular flexibility index (Phi) is 5.00. The number of hydrogen-bond donors (Lipinski definition) is 5. The molecule has 0 bridgehead atoms. The fourth-order valence-corrected chi connectivity index (χ4v) is 3.39. The lowest BCUT2D eigenvalue weighted by molar-refractivity contribution is 0.483. The van der Waals surface area contributed by atoms with E-state index in [1.54, 1.807) is 12.1 Å². The molecule has 0 aliphatic heterocycles. The number of fused-ring (bicyclic) bond motifs is 2. The topological polar surface area (TPSA) is 158 Å². The molecule has 0 heterocycles. The number of benzene rings is 4. The second kappa shape index (κ2) is 7.26. The number of anilines is 4. The van der Waals surface area contributed by atoms with Gasteiger partial charge in [-0.1, -0.05) is 30.3 Å². The molecule has 0 aromatic heterocycles. The van der Waals surface area contributed by atoms with Crippen molar-refractivity contribution >= 4 is 54.4 Å². The molecule has 144 valence electrons. The average Bonchev–Trinajstić information content (AvgIpc) is 2.68. The highest BCUT2D eigenvalue weighted by Crippen LogP contribution is 2.28. The lowest BCUT2D eigenvalue weighted by Crippen LogP contribution is -1.99. The van der Waals surface area contributed by atoms with Crippen LogP contribution in [-0.4, -0.2) is 13.0 Å². The van der Waals surface area contributed by atoms with Gasteiger partial charge in [-0.3, -0.25) is 4.55 Å². The van der Waals surface area contributed by atoms with Gasteiger partial charge in [-0.15, -0.1) is 0 Å². The van der Waals surface area contributed by atoms with Crippen molar-refractivity contribution in [2.24, 2.45) is 0 Å². The van der Waals surface area contributed by atoms with Gasteiger partial charge < -0.3 is 22.9 Å². The summed E-state index contributed by atoms with van der Waals surface area (Å²) < 4.78 is 30.8. The maximum atomic E-state index is 11.0. The van der Waals surface area contributed by atoms with Crippen LogP contribution in [0.15, 0.2) is 71.6 Å². The Morgan fingerprint density at radius 2 is 0.964 bits per heavy atom. The van der Waals surface area contributed by atoms with E-state index in [9.17, 15) is 8.42 Å². The highest BCUT2D eigenvalue weighted by Gasteiger charge is 2.11. The van der Waals surface area contributed by atoms with Gasteiger partial charge in [0.25, 0.3) is 10.1 Å². The van der Waals surface area contributed by atoms with Crippen LogP contribution in [0.1, 0.15) is 0 Å². The summed E-state index contributed by atoms with van der Waals surface area (Å²) in [5.74, 6) is 0. The molecule has 0 atom stereocenters. The zero-order chi connectivity index (χ0) is 20.5. The highest BCUT2D eigenvalue weighted by molar-refractivity contribution is 7.85. The third-order valence-electron chi connectivity index (χ3n) is 4.34. The average molecular weight is 396 g/mol. The lowest BCUT2D eigenvalue weighted by Gasteiger charge is -2.06. The van der Waals surface area contributed by atoms with Crippen LogP contribution in [0, 0.1) is 0 Å². The molecule has 0 amide bonds. The molecule has 0 fully saturated rings. The molecule has 0 unspecified atom stereocenters. The summed E-state index contributed by atoms with van der Waals surface area (Å²) >= 11 is 0. The van der Waals surface area contributed by atoms with Crippen molar-refractivity contribution in [1.29, 1.82) is 0 Å². The van der Waals surface area contributed by atoms with Crippen LogP contribution in [-0.2, 0) is 10.1 Å². The summed E-state index contributed by atoms with van der Waals surface area (Å²) in [5.41, 5.74) is 25.4. The Morgan fingerprint density at radius 1 is 0.571 bits per heavy atom. The van der Waals surface area contributed by atoms with Gasteiger partial charge in [0, 0.05) is 44.3 Å². The maximum absolute atomic E-state index is 11.0. The van der Waals surface area contributed by atoms with Gasteiger partial charge in [0.15, 0.2) is 0 Å². The summed E-state index contributed by atoms with van der Waals surface area (Å²) in [5, 5.41) is 3.22. The van der Waals surface area contributed by atoms with Gasteiger partial charge in [0.2, 0.25) is 0 Å². The summed E-state index contributed by atoms with van der Waals surface area (Å²) in [4.78, 5) is -0.197. The largest absolute Gasteiger partial charge is 0.398 e. The second-order valence-electron chi connectivity index (χ2n) is 6.22. The fraction of sp³-hybridized carbons (Fsp3) is 0. The summed E-state index contributed by atoms with van der Waals surface area (Å²) in [6, 6.07) is 18.9. The molecule has 28 heavy (non-hydrogen) atoms. The van der Waals surface area contributed by atoms with Crippen LogP contribution < -0.4 is 22.9 Å². The predicted molar refractivity (Wildman–Crippen MR) is 115 cm³/mol. The molecule has 0 aliphatic carbocycles. The number of rotatable bonds is 1. The monoisotopic (exact) mass is 396 g/mol. The van der Waals surface area contributed by atoms with E-state index in [1.807, 2.05) is 36.4 Å². The molecule has 0 saturated heterocycles. The molecular formula is C20H20N4O3S. The molecule has 8 heteroatoms. The molecule has 0 spiro atoms. The van der Waals surface area contributed by atoms with Crippen molar-refractivity contribution in [2.45, 2.75) is 4.90 Å². The quantitative estimate of drug-likeness (QED) is 0.244. The van der Waals surface area contributed by atoms with Crippen LogP contribution >= 0.6 is 0 Å². The minimum atomic E-state index is -4.22. The van der Waals surface area contributed by atoms with Crippen molar-refractivity contribution < 1.29 is 13.0 Å². The van der Waals surface area contributed by atoms with E-state index in [-0.39, 0.29) is 4.90 Å². The third-order valence-corrected chi connectivity index (χ3v) is 5.19. The first-order valence-corrected chi connectivity index (χ1v) is 9.70. The van der Waals surface area contributed by atoms with Gasteiger partial charge in [-0.25, -0.2) is 0 Å². The highest BCUT2D eigenvalue weighted by atomic mass is 32.2. The van der Waals surface area contributed by atoms with Gasteiger partial charge in [0.1, 0.15) is 0 Å². The van der Waals surface area contributed by atoms with E-state index in [4.69, 9.17) is 27.5 Å². The molecule has 4 rings (SSSR count). The van der Waals surface area contributed by atoms with Crippen molar-refractivity contribution in [3.8, 4) is 0 Å². The molecule has 0 radical (unpaired) electrons. The standard InChI is InChI=1S/C10H10N2O3S.C10H10N2/c11-9-3-4-10(12)8-5-6(16(13,14)15)1-2-7(8)9;11-9-5-6-10(12)8-4-2-1-3-7(8)9/h1-5H,11-12H2,(H,13,14,15);1-6H,11-12H2. The minimum absolute atomic E-state index is 0.197. The Bertz CT molecular complexity index is 1250. The van der Waals surface area contributed by atoms with Crippen molar-refractivity contribution in [2.75, 3.05) is 22.9 Å². The molecule has 4 aromatic rings. The van der Waals surface area contributed by atoms with Gasteiger partial charge in [0.05, 0.1) is 4.90 Å². The molecule has 7 nitrogen and oxygen atoms in total. The Balaban J connectivity index is 0.000000167. The van der Waals surface area contributed by atoms with E-state index in [0.29, 0.717) is 22.1 Å². The first-order valence-electron chi connectivity index (χ1n) is 8.26. The van der Waals surface area contributed by atoms with Crippen LogP contribution in [0.4, 0.5) is 22.7 Å². The van der Waals surface area contributed by atoms with E-state index < -0.39 is 10.1 Å². The smallest absolute Gasteiger partial charge is 0.294 e. The van der Waals surface area contributed by atoms with Gasteiger partial charge in [-0.2, -0.15) is 8.42 Å². The Labute approximate surface area is 162 Å². The molecular weight excluding hydrogens is 376 g/mol. The van der Waals surface area contributed by atoms with E-state index in [2.05, 4.69) is 0 Å². The maximum Gasteiger partial charge on any atom is 0.294 e. The number of nitrogen functional groups attached to an aromatic ring is 4. The predicted octanol–water partition coefficient (Wildman–Crippen LogP) is 3.26. The van der Waals surface area contributed by atoms with Crippen molar-refractivity contribution in [1.82, 2.24) is 0 Å². The van der Waals surface area contributed by atoms with Crippen LogP contribution in [0.25, 0.3) is 21.5 Å². The molecule has 0 aliphatic rings. The zero-order valence-corrected chi connectivity index (χ0v) is 15.6. The Morgan fingerprint density at radius 3 is 1.39 bits per heavy atom. The summed E-state index contributed by atoms with van der Waals surface area (Å²) in [6.07, 6.45) is 0. The van der Waals surface area contributed by atoms with E-state index in [1.165, 1.54) is 18.2 Å².